The van der Waals surface area contributed by atoms with Crippen molar-refractivity contribution >= 4 is 52.9 Å². The summed E-state index contributed by atoms with van der Waals surface area (Å²) in [4.78, 5) is 52.2. The second kappa shape index (κ2) is 16.6. The molecule has 9 nitrogen and oxygen atoms in total. The summed E-state index contributed by atoms with van der Waals surface area (Å²) in [6.07, 6.45) is 1.59. The van der Waals surface area contributed by atoms with E-state index in [0.717, 1.165) is 5.56 Å². The van der Waals surface area contributed by atoms with Crippen LogP contribution < -0.4 is 20.7 Å². The van der Waals surface area contributed by atoms with Gasteiger partial charge in [0.25, 0.3) is 11.8 Å². The van der Waals surface area contributed by atoms with Gasteiger partial charge in [0.1, 0.15) is 16.7 Å². The second-order valence-electron chi connectivity index (χ2n) is 10.6. The molecule has 0 saturated carbocycles. The van der Waals surface area contributed by atoms with Crippen LogP contribution in [0.15, 0.2) is 144 Å². The molecule has 246 valence electrons. The van der Waals surface area contributed by atoms with Crippen molar-refractivity contribution in [2.24, 2.45) is 0 Å². The Balaban J connectivity index is 1.36. The number of rotatable bonds is 13. The topological polar surface area (TPSA) is 134 Å². The molecule has 0 radical (unpaired) electrons. The Morgan fingerprint density at radius 3 is 2.06 bits per heavy atom. The van der Waals surface area contributed by atoms with Gasteiger partial charge in [0.05, 0.1) is 12.2 Å². The van der Waals surface area contributed by atoms with Crippen molar-refractivity contribution in [2.75, 3.05) is 17.2 Å². The number of anilines is 2. The molecule has 0 aliphatic rings. The van der Waals surface area contributed by atoms with Gasteiger partial charge in [0.2, 0.25) is 5.91 Å². The maximum Gasteiger partial charge on any atom is 0.335 e. The van der Waals surface area contributed by atoms with Crippen LogP contribution in [-0.4, -0.2) is 35.4 Å². The Hall–Kier alpha value is -6.13. The molecule has 1 unspecified atom stereocenters. The molecular weight excluding hydrogens is 639 g/mol. The molecule has 0 fully saturated rings. The Morgan fingerprint density at radius 2 is 1.41 bits per heavy atom. The Kier molecular flexibility index (Phi) is 11.6. The van der Waals surface area contributed by atoms with E-state index in [9.17, 15) is 24.3 Å². The molecule has 0 aromatic heterocycles. The molecule has 1 atom stereocenters. The monoisotopic (exact) mass is 671 g/mol. The standard InChI is InChI=1S/C39H33N3O6S/c1-2-48-32-22-16-26(17-23-32)24-34(42-36(43)28-12-7-4-8-13-28)37(44)41-31-14-9-15-33(25-31)49-35(27-10-5-3-6-11-27)38(45)40-30-20-18-29(19-21-30)39(46)47/h3-25,35H,2H2,1H3,(H,40,45)(H,41,44)(H,42,43)(H,46,47)/b34-24+. The number of amides is 3. The van der Waals surface area contributed by atoms with Crippen LogP contribution in [0.25, 0.3) is 6.08 Å². The number of carbonyl (C=O) groups is 4. The minimum absolute atomic E-state index is 0.0338. The zero-order chi connectivity index (χ0) is 34.6. The van der Waals surface area contributed by atoms with Gasteiger partial charge in [0, 0.05) is 21.8 Å². The van der Waals surface area contributed by atoms with Crippen molar-refractivity contribution in [3.8, 4) is 5.75 Å². The molecule has 3 amide bonds. The molecule has 0 aliphatic carbocycles. The van der Waals surface area contributed by atoms with E-state index in [2.05, 4.69) is 16.0 Å². The number of hydrogen-bond donors (Lipinski definition) is 4. The third-order valence-electron chi connectivity index (χ3n) is 7.12. The molecule has 0 saturated heterocycles. The Labute approximate surface area is 288 Å². The van der Waals surface area contributed by atoms with Gasteiger partial charge in [-0.25, -0.2) is 4.79 Å². The summed E-state index contributed by atoms with van der Waals surface area (Å²) in [5, 5.41) is 17.0. The van der Waals surface area contributed by atoms with E-state index in [-0.39, 0.29) is 17.2 Å². The highest BCUT2D eigenvalue weighted by Crippen LogP contribution is 2.37. The second-order valence-corrected chi connectivity index (χ2v) is 11.8. The average molecular weight is 672 g/mol. The third-order valence-corrected chi connectivity index (χ3v) is 8.36. The smallest absolute Gasteiger partial charge is 0.335 e. The minimum atomic E-state index is -1.06. The van der Waals surface area contributed by atoms with Crippen LogP contribution in [0, 0.1) is 0 Å². The van der Waals surface area contributed by atoms with Gasteiger partial charge in [-0.3, -0.25) is 14.4 Å². The molecule has 49 heavy (non-hydrogen) atoms. The fourth-order valence-corrected chi connectivity index (χ4v) is 5.81. The molecule has 4 N–H and O–H groups in total. The van der Waals surface area contributed by atoms with Crippen LogP contribution in [0.4, 0.5) is 11.4 Å². The zero-order valence-corrected chi connectivity index (χ0v) is 27.3. The fraction of sp³-hybridized carbons (Fsp3) is 0.0769. The van der Waals surface area contributed by atoms with Gasteiger partial charge in [-0.1, -0.05) is 66.7 Å². The predicted octanol–water partition coefficient (Wildman–Crippen LogP) is 7.67. The number of nitrogens with one attached hydrogen (secondary N) is 3. The van der Waals surface area contributed by atoms with Crippen molar-refractivity contribution in [3.05, 3.63) is 161 Å². The van der Waals surface area contributed by atoms with Crippen LogP contribution >= 0.6 is 11.8 Å². The summed E-state index contributed by atoms with van der Waals surface area (Å²) in [6.45, 7) is 2.41. The molecule has 5 rings (SSSR count). The summed E-state index contributed by atoms with van der Waals surface area (Å²) in [6, 6.07) is 38.0. The van der Waals surface area contributed by atoms with E-state index in [1.807, 2.05) is 43.3 Å². The number of thioether (sulfide) groups is 1. The lowest BCUT2D eigenvalue weighted by molar-refractivity contribution is -0.116. The summed E-state index contributed by atoms with van der Waals surface area (Å²) in [5.74, 6) is -1.65. The van der Waals surface area contributed by atoms with Crippen LogP contribution in [-0.2, 0) is 9.59 Å². The number of ether oxygens (including phenoxy) is 1. The van der Waals surface area contributed by atoms with Gasteiger partial charge >= 0.3 is 5.97 Å². The number of carboxylic acid groups (broad SMARTS) is 1. The van der Waals surface area contributed by atoms with Crippen molar-refractivity contribution in [2.45, 2.75) is 17.1 Å². The summed E-state index contributed by atoms with van der Waals surface area (Å²) in [5.41, 5.74) is 2.90. The van der Waals surface area contributed by atoms with Gasteiger partial charge in [-0.05, 0) is 90.9 Å². The number of aromatic carboxylic acids is 1. The van der Waals surface area contributed by atoms with E-state index in [4.69, 9.17) is 4.74 Å². The quantitative estimate of drug-likeness (QED) is 0.0746. The fourth-order valence-electron chi connectivity index (χ4n) is 4.72. The van der Waals surface area contributed by atoms with Crippen molar-refractivity contribution in [3.63, 3.8) is 0 Å². The van der Waals surface area contributed by atoms with Gasteiger partial charge in [-0.15, -0.1) is 11.8 Å². The van der Waals surface area contributed by atoms with Crippen LogP contribution in [0.2, 0.25) is 0 Å². The number of carboxylic acids is 1. The molecular formula is C39H33N3O6S. The van der Waals surface area contributed by atoms with E-state index >= 15 is 0 Å². The number of hydrogen-bond acceptors (Lipinski definition) is 6. The third kappa shape index (κ3) is 9.69. The first-order valence-electron chi connectivity index (χ1n) is 15.4. The zero-order valence-electron chi connectivity index (χ0n) is 26.5. The summed E-state index contributed by atoms with van der Waals surface area (Å²) >= 11 is 1.29. The SMILES string of the molecule is CCOc1ccc(/C=C(/NC(=O)c2ccccc2)C(=O)Nc2cccc(SC(C(=O)Nc3ccc(C(=O)O)cc3)c3ccccc3)c2)cc1. The van der Waals surface area contributed by atoms with Crippen molar-refractivity contribution in [1.82, 2.24) is 5.32 Å². The molecule has 0 spiro atoms. The molecule has 0 heterocycles. The van der Waals surface area contributed by atoms with E-state index < -0.39 is 23.0 Å². The van der Waals surface area contributed by atoms with Gasteiger partial charge < -0.3 is 25.8 Å². The van der Waals surface area contributed by atoms with Gasteiger partial charge in [0.15, 0.2) is 0 Å². The number of carbonyl (C=O) groups excluding carboxylic acids is 3. The first-order chi connectivity index (χ1) is 23.8. The largest absolute Gasteiger partial charge is 0.494 e. The first-order valence-corrected chi connectivity index (χ1v) is 16.2. The van der Waals surface area contributed by atoms with E-state index in [0.29, 0.717) is 39.8 Å². The van der Waals surface area contributed by atoms with Crippen LogP contribution in [0.3, 0.4) is 0 Å². The molecule has 0 bridgehead atoms. The lowest BCUT2D eigenvalue weighted by Crippen LogP contribution is -2.30. The van der Waals surface area contributed by atoms with Crippen molar-refractivity contribution < 1.29 is 29.0 Å². The molecule has 5 aromatic rings. The molecule has 5 aromatic carbocycles. The average Bonchev–Trinajstić information content (AvgIpc) is 3.12. The predicted molar refractivity (Wildman–Crippen MR) is 192 cm³/mol. The normalized spacial score (nSPS) is 11.6. The lowest BCUT2D eigenvalue weighted by Gasteiger charge is -2.18. The highest BCUT2D eigenvalue weighted by atomic mass is 32.2. The maximum atomic E-state index is 13.7. The maximum absolute atomic E-state index is 13.7. The highest BCUT2D eigenvalue weighted by molar-refractivity contribution is 8.00. The van der Waals surface area contributed by atoms with Crippen molar-refractivity contribution in [1.29, 1.82) is 0 Å². The van der Waals surface area contributed by atoms with Crippen LogP contribution in [0.5, 0.6) is 5.75 Å². The van der Waals surface area contributed by atoms with E-state index in [1.54, 1.807) is 91.0 Å². The summed E-state index contributed by atoms with van der Waals surface area (Å²) in [7, 11) is 0. The van der Waals surface area contributed by atoms with Gasteiger partial charge in [-0.2, -0.15) is 0 Å². The Morgan fingerprint density at radius 1 is 0.735 bits per heavy atom. The summed E-state index contributed by atoms with van der Waals surface area (Å²) < 4.78 is 5.52. The first kappa shape index (κ1) is 34.2. The minimum Gasteiger partial charge on any atom is -0.494 e. The molecule has 10 heteroatoms. The lowest BCUT2D eigenvalue weighted by atomic mass is 10.1. The van der Waals surface area contributed by atoms with Crippen LogP contribution in [0.1, 0.15) is 44.0 Å². The van der Waals surface area contributed by atoms with E-state index in [1.165, 1.54) is 23.9 Å². The number of benzene rings is 5. The highest BCUT2D eigenvalue weighted by Gasteiger charge is 2.23. The Bertz CT molecular complexity index is 1950. The molecule has 0 aliphatic heterocycles.